The number of ether oxygens (including phenoxy) is 1. The Morgan fingerprint density at radius 3 is 2.17 bits per heavy atom. The highest BCUT2D eigenvalue weighted by atomic mass is 31.2. The van der Waals surface area contributed by atoms with Gasteiger partial charge in [0.1, 0.15) is 17.5 Å². The van der Waals surface area contributed by atoms with Gasteiger partial charge in [-0.3, -0.25) is 4.57 Å². The zero-order chi connectivity index (χ0) is 17.7. The van der Waals surface area contributed by atoms with E-state index in [0.29, 0.717) is 0 Å². The molecule has 1 rings (SSSR count). The predicted molar refractivity (Wildman–Crippen MR) is 74.2 cm³/mol. The van der Waals surface area contributed by atoms with Gasteiger partial charge in [0.25, 0.3) is 0 Å². The highest BCUT2D eigenvalue weighted by Gasteiger charge is 2.41. The summed E-state index contributed by atoms with van der Waals surface area (Å²) in [6, 6.07) is 0.853. The van der Waals surface area contributed by atoms with Crippen molar-refractivity contribution in [1.29, 1.82) is 0 Å². The molecule has 0 fully saturated rings. The van der Waals surface area contributed by atoms with Crippen molar-refractivity contribution in [2.45, 2.75) is 33.1 Å². The molecule has 10 heteroatoms. The molecule has 1 aromatic rings. The van der Waals surface area contributed by atoms with Gasteiger partial charge in [-0.25, -0.2) is 4.79 Å². The number of carbonyl (C=O) groups is 1. The zero-order valence-electron chi connectivity index (χ0n) is 12.9. The van der Waals surface area contributed by atoms with Crippen LogP contribution in [0.25, 0.3) is 0 Å². The minimum Gasteiger partial charge on any atom is -0.462 e. The second-order valence-electron chi connectivity index (χ2n) is 4.28. The van der Waals surface area contributed by atoms with Gasteiger partial charge in [0.2, 0.25) is 5.76 Å². The Bertz CT molecular complexity index is 571. The lowest BCUT2D eigenvalue weighted by Gasteiger charge is -2.15. The lowest BCUT2D eigenvalue weighted by molar-refractivity contribution is -0.153. The Kier molecular flexibility index (Phi) is 6.85. The van der Waals surface area contributed by atoms with Gasteiger partial charge in [0.05, 0.1) is 19.8 Å². The fraction of sp³-hybridized carbons (Fsp3) is 0.615. The van der Waals surface area contributed by atoms with E-state index in [0.717, 1.165) is 6.07 Å². The topological polar surface area (TPSA) is 75.0 Å². The molecule has 0 spiro atoms. The van der Waals surface area contributed by atoms with Gasteiger partial charge >= 0.3 is 19.7 Å². The first-order chi connectivity index (χ1) is 10.7. The van der Waals surface area contributed by atoms with Gasteiger partial charge in [-0.1, -0.05) is 0 Å². The van der Waals surface area contributed by atoms with Crippen molar-refractivity contribution in [1.82, 2.24) is 0 Å². The molecule has 0 atom stereocenters. The molecule has 23 heavy (non-hydrogen) atoms. The van der Waals surface area contributed by atoms with Crippen LogP contribution in [0.3, 0.4) is 0 Å². The van der Waals surface area contributed by atoms with Crippen LogP contribution in [0.5, 0.6) is 0 Å². The lowest BCUT2D eigenvalue weighted by Crippen LogP contribution is -2.12. The summed E-state index contributed by atoms with van der Waals surface area (Å²) in [6.07, 6.45) is -5.40. The molecule has 6 nitrogen and oxygen atoms in total. The molecule has 0 saturated heterocycles. The maximum absolute atomic E-state index is 13.0. The fourth-order valence-electron chi connectivity index (χ4n) is 1.80. The largest absolute Gasteiger partial charge is 0.462 e. The fourth-order valence-corrected chi connectivity index (χ4v) is 3.39. The van der Waals surface area contributed by atoms with Crippen molar-refractivity contribution >= 4 is 13.6 Å². The van der Waals surface area contributed by atoms with Crippen LogP contribution < -0.4 is 0 Å². The maximum Gasteiger partial charge on any atom is 0.450 e. The van der Waals surface area contributed by atoms with Crippen LogP contribution in [0.1, 0.15) is 42.6 Å². The summed E-state index contributed by atoms with van der Waals surface area (Å²) in [5.74, 6) is -2.99. The van der Waals surface area contributed by atoms with Gasteiger partial charge in [0, 0.05) is 0 Å². The third-order valence-corrected chi connectivity index (χ3v) is 4.54. The van der Waals surface area contributed by atoms with Crippen LogP contribution in [-0.2, 0) is 30.7 Å². The quantitative estimate of drug-likeness (QED) is 0.511. The Labute approximate surface area is 131 Å². The van der Waals surface area contributed by atoms with E-state index in [-0.39, 0.29) is 25.6 Å². The Morgan fingerprint density at radius 1 is 1.17 bits per heavy atom. The summed E-state index contributed by atoms with van der Waals surface area (Å²) >= 11 is 0. The van der Waals surface area contributed by atoms with Crippen LogP contribution in [0.4, 0.5) is 13.2 Å². The molecule has 0 radical (unpaired) electrons. The average Bonchev–Trinajstić information content (AvgIpc) is 2.83. The van der Waals surface area contributed by atoms with Gasteiger partial charge in [0.15, 0.2) is 0 Å². The second kappa shape index (κ2) is 7.99. The van der Waals surface area contributed by atoms with Crippen molar-refractivity contribution in [3.63, 3.8) is 0 Å². The highest BCUT2D eigenvalue weighted by molar-refractivity contribution is 7.53. The second-order valence-corrected chi connectivity index (χ2v) is 6.33. The minimum atomic E-state index is -4.89. The number of hydrogen-bond donors (Lipinski definition) is 0. The molecule has 1 heterocycles. The molecule has 1 aromatic heterocycles. The summed E-state index contributed by atoms with van der Waals surface area (Å²) < 4.78 is 70.5. The molecule has 0 saturated carbocycles. The van der Waals surface area contributed by atoms with Crippen LogP contribution in [0.15, 0.2) is 10.5 Å². The molecule has 0 N–H and O–H groups in total. The molecule has 0 unspecified atom stereocenters. The monoisotopic (exact) mass is 358 g/mol. The van der Waals surface area contributed by atoms with Crippen LogP contribution in [0.2, 0.25) is 0 Å². The lowest BCUT2D eigenvalue weighted by atomic mass is 10.2. The molecule has 0 bridgehead atoms. The smallest absolute Gasteiger partial charge is 0.450 e. The summed E-state index contributed by atoms with van der Waals surface area (Å²) in [4.78, 5) is 11.6. The molecule has 0 amide bonds. The summed E-state index contributed by atoms with van der Waals surface area (Å²) in [7, 11) is -3.66. The van der Waals surface area contributed by atoms with E-state index in [1.807, 2.05) is 0 Å². The van der Waals surface area contributed by atoms with Crippen molar-refractivity contribution in [2.75, 3.05) is 19.8 Å². The van der Waals surface area contributed by atoms with Crippen molar-refractivity contribution in [2.24, 2.45) is 0 Å². The number of alkyl halides is 3. The van der Waals surface area contributed by atoms with Crippen LogP contribution in [-0.4, -0.2) is 25.8 Å². The normalized spacial score (nSPS) is 12.4. The Hall–Kier alpha value is -1.31. The molecular weight excluding hydrogens is 340 g/mol. The van der Waals surface area contributed by atoms with Crippen LogP contribution in [0, 0.1) is 0 Å². The first-order valence-corrected chi connectivity index (χ1v) is 8.64. The third kappa shape index (κ3) is 5.37. The van der Waals surface area contributed by atoms with E-state index in [2.05, 4.69) is 9.15 Å². The number of furan rings is 1. The first-order valence-electron chi connectivity index (χ1n) is 6.92. The van der Waals surface area contributed by atoms with Crippen LogP contribution >= 0.6 is 7.60 Å². The maximum atomic E-state index is 13.0. The van der Waals surface area contributed by atoms with E-state index in [9.17, 15) is 22.5 Å². The average molecular weight is 358 g/mol. The van der Waals surface area contributed by atoms with Gasteiger partial charge in [-0.05, 0) is 26.8 Å². The van der Waals surface area contributed by atoms with E-state index in [1.54, 1.807) is 13.8 Å². The molecule has 0 aliphatic rings. The Morgan fingerprint density at radius 2 is 1.74 bits per heavy atom. The predicted octanol–water partition coefficient (Wildman–Crippen LogP) is 4.24. The van der Waals surface area contributed by atoms with E-state index in [4.69, 9.17) is 9.05 Å². The molecule has 0 aliphatic carbocycles. The molecular formula is C13H18F3O6P. The number of carbonyl (C=O) groups excluding carboxylic acids is 1. The van der Waals surface area contributed by atoms with E-state index in [1.165, 1.54) is 6.92 Å². The van der Waals surface area contributed by atoms with E-state index < -0.39 is 37.2 Å². The van der Waals surface area contributed by atoms with E-state index >= 15 is 0 Å². The summed E-state index contributed by atoms with van der Waals surface area (Å²) in [5, 5.41) is 0. The van der Waals surface area contributed by atoms with Crippen molar-refractivity contribution in [3.8, 4) is 0 Å². The zero-order valence-corrected chi connectivity index (χ0v) is 13.8. The number of hydrogen-bond acceptors (Lipinski definition) is 6. The SMILES string of the molecule is CCOC(=O)c1cc(CP(=O)(OCC)OCC)oc1C(F)(F)F. The molecule has 0 aliphatic heterocycles. The molecule has 132 valence electrons. The summed E-state index contributed by atoms with van der Waals surface area (Å²) in [6.45, 7) is 4.61. The van der Waals surface area contributed by atoms with Crippen molar-refractivity contribution < 1.29 is 40.7 Å². The Balaban J connectivity index is 3.18. The van der Waals surface area contributed by atoms with Crippen molar-refractivity contribution in [3.05, 3.63) is 23.2 Å². The third-order valence-electron chi connectivity index (χ3n) is 2.54. The first kappa shape index (κ1) is 19.7. The number of halogens is 3. The summed E-state index contributed by atoms with van der Waals surface area (Å²) in [5.41, 5.74) is -0.770. The number of esters is 1. The van der Waals surface area contributed by atoms with Gasteiger partial charge in [-0.2, -0.15) is 13.2 Å². The van der Waals surface area contributed by atoms with Gasteiger partial charge in [-0.15, -0.1) is 0 Å². The van der Waals surface area contributed by atoms with Gasteiger partial charge < -0.3 is 18.2 Å². The standard InChI is InChI=1S/C13H18F3O6P/c1-4-19-12(17)10-7-9(22-11(10)13(14,15)16)8-23(18,20-5-2)21-6-3/h7H,4-6,8H2,1-3H3. The minimum absolute atomic E-state index is 0.0504. The number of rotatable bonds is 8. The molecule has 0 aromatic carbocycles. The highest BCUT2D eigenvalue weighted by Crippen LogP contribution is 2.52.